The number of phenolic OH excluding ortho intramolecular Hbond substituents is 1. The number of carbonyl (C=O) groups is 1. The third-order valence-electron chi connectivity index (χ3n) is 4.23. The second-order valence-electron chi connectivity index (χ2n) is 8.44. The molecule has 1 aromatic carbocycles. The van der Waals surface area contributed by atoms with Crippen LogP contribution in [0.25, 0.3) is 0 Å². The van der Waals surface area contributed by atoms with Crippen molar-refractivity contribution >= 4 is 5.97 Å². The lowest BCUT2D eigenvalue weighted by Crippen LogP contribution is -2.39. The summed E-state index contributed by atoms with van der Waals surface area (Å²) in [7, 11) is 0. The lowest BCUT2D eigenvalue weighted by atomic mass is 9.76. The van der Waals surface area contributed by atoms with E-state index < -0.39 is 11.6 Å². The third-order valence-corrected chi connectivity index (χ3v) is 4.23. The molecule has 1 aliphatic heterocycles. The Morgan fingerprint density at radius 3 is 2.14 bits per heavy atom. The molecule has 4 nitrogen and oxygen atoms in total. The molecule has 0 fully saturated rings. The molecule has 2 rings (SSSR count). The summed E-state index contributed by atoms with van der Waals surface area (Å²) in [5, 5.41) is 20.3. The molecule has 0 radical (unpaired) electrons. The summed E-state index contributed by atoms with van der Waals surface area (Å²) in [4.78, 5) is 11.5. The van der Waals surface area contributed by atoms with Gasteiger partial charge < -0.3 is 14.9 Å². The number of aliphatic carboxylic acids is 1. The normalized spacial score (nSPS) is 21.4. The maximum absolute atomic E-state index is 11.5. The van der Waals surface area contributed by atoms with Gasteiger partial charge in [-0.3, -0.25) is 0 Å². The fourth-order valence-electron chi connectivity index (χ4n) is 3.07. The van der Waals surface area contributed by atoms with Gasteiger partial charge >= 0.3 is 5.97 Å². The van der Waals surface area contributed by atoms with Crippen molar-refractivity contribution in [1.82, 2.24) is 0 Å². The fourth-order valence-corrected chi connectivity index (χ4v) is 3.07. The maximum Gasteiger partial charge on any atom is 0.348 e. The van der Waals surface area contributed by atoms with E-state index >= 15 is 0 Å². The average molecular weight is 306 g/mol. The van der Waals surface area contributed by atoms with Gasteiger partial charge in [-0.05, 0) is 23.8 Å². The van der Waals surface area contributed by atoms with Crippen molar-refractivity contribution < 1.29 is 19.7 Å². The highest BCUT2D eigenvalue weighted by Gasteiger charge is 2.45. The summed E-state index contributed by atoms with van der Waals surface area (Å²) in [6, 6.07) is 1.80. The van der Waals surface area contributed by atoms with Gasteiger partial charge in [-0.1, -0.05) is 41.5 Å². The van der Waals surface area contributed by atoms with Gasteiger partial charge in [0.2, 0.25) is 5.60 Å². The van der Waals surface area contributed by atoms with Crippen molar-refractivity contribution in [2.24, 2.45) is 0 Å². The largest absolute Gasteiger partial charge is 0.507 e. The predicted octanol–water partition coefficient (Wildman–Crippen LogP) is 3.77. The second kappa shape index (κ2) is 4.64. The second-order valence-corrected chi connectivity index (χ2v) is 8.44. The summed E-state index contributed by atoms with van der Waals surface area (Å²) in [5.74, 6) is -0.144. The minimum Gasteiger partial charge on any atom is -0.507 e. The molecule has 0 spiro atoms. The van der Waals surface area contributed by atoms with E-state index in [2.05, 4.69) is 0 Å². The van der Waals surface area contributed by atoms with Gasteiger partial charge in [0.1, 0.15) is 11.5 Å². The van der Waals surface area contributed by atoms with Crippen molar-refractivity contribution in [3.8, 4) is 11.5 Å². The van der Waals surface area contributed by atoms with Crippen LogP contribution < -0.4 is 4.74 Å². The van der Waals surface area contributed by atoms with Crippen molar-refractivity contribution in [3.05, 3.63) is 22.8 Å². The number of ether oxygens (including phenoxy) is 1. The van der Waals surface area contributed by atoms with Gasteiger partial charge in [-0.2, -0.15) is 0 Å². The van der Waals surface area contributed by atoms with E-state index in [1.54, 1.807) is 13.0 Å². The smallest absolute Gasteiger partial charge is 0.348 e. The van der Waals surface area contributed by atoms with E-state index in [4.69, 9.17) is 4.74 Å². The summed E-state index contributed by atoms with van der Waals surface area (Å²) in [5.41, 5.74) is 0.548. The molecule has 1 aromatic rings. The third kappa shape index (κ3) is 2.55. The first-order chi connectivity index (χ1) is 9.77. The van der Waals surface area contributed by atoms with E-state index in [0.29, 0.717) is 5.75 Å². The van der Waals surface area contributed by atoms with Crippen LogP contribution in [0, 0.1) is 0 Å². The first-order valence-corrected chi connectivity index (χ1v) is 7.59. The zero-order valence-corrected chi connectivity index (χ0v) is 14.5. The Hall–Kier alpha value is -1.71. The van der Waals surface area contributed by atoms with Crippen molar-refractivity contribution in [3.63, 3.8) is 0 Å². The van der Waals surface area contributed by atoms with Crippen LogP contribution in [0.1, 0.15) is 65.2 Å². The SMILES string of the molecule is CC1(C(=O)O)Cc2c(cc(C(C)(C)C)c(O)c2C(C)(C)C)O1. The number of hydrogen-bond acceptors (Lipinski definition) is 3. The highest BCUT2D eigenvalue weighted by Crippen LogP contribution is 2.49. The Morgan fingerprint density at radius 2 is 1.73 bits per heavy atom. The topological polar surface area (TPSA) is 66.8 Å². The number of fused-ring (bicyclic) bond motifs is 1. The number of benzene rings is 1. The first-order valence-electron chi connectivity index (χ1n) is 7.59. The van der Waals surface area contributed by atoms with Gasteiger partial charge in [0, 0.05) is 23.1 Å². The van der Waals surface area contributed by atoms with E-state index in [1.807, 2.05) is 41.5 Å². The fraction of sp³-hybridized carbons (Fsp3) is 0.611. The van der Waals surface area contributed by atoms with Crippen LogP contribution in [0.15, 0.2) is 6.07 Å². The Morgan fingerprint density at radius 1 is 1.18 bits per heavy atom. The monoisotopic (exact) mass is 306 g/mol. The lowest BCUT2D eigenvalue weighted by Gasteiger charge is -2.29. The number of aromatic hydroxyl groups is 1. The molecule has 1 atom stereocenters. The number of phenols is 1. The van der Waals surface area contributed by atoms with Crippen molar-refractivity contribution in [1.29, 1.82) is 0 Å². The summed E-state index contributed by atoms with van der Waals surface area (Å²) in [6.45, 7) is 13.7. The first kappa shape index (κ1) is 16.7. The minimum absolute atomic E-state index is 0.259. The van der Waals surface area contributed by atoms with E-state index in [9.17, 15) is 15.0 Å². The van der Waals surface area contributed by atoms with Crippen LogP contribution in [0.4, 0.5) is 0 Å². The summed E-state index contributed by atoms with van der Waals surface area (Å²) < 4.78 is 5.77. The molecule has 0 saturated carbocycles. The van der Waals surface area contributed by atoms with Crippen LogP contribution in [0.5, 0.6) is 11.5 Å². The van der Waals surface area contributed by atoms with Gasteiger partial charge in [-0.25, -0.2) is 4.79 Å². The minimum atomic E-state index is -1.27. The van der Waals surface area contributed by atoms with Crippen molar-refractivity contribution in [2.45, 2.75) is 71.3 Å². The van der Waals surface area contributed by atoms with Crippen LogP contribution >= 0.6 is 0 Å². The molecule has 0 saturated heterocycles. The standard InChI is InChI=1S/C18H26O4/c1-16(2,3)11-8-12-10(9-18(7,22-12)15(20)21)13(14(11)19)17(4,5)6/h8,19H,9H2,1-7H3,(H,20,21). The Balaban J connectivity index is 2.76. The molecule has 1 aliphatic rings. The molecule has 2 N–H and O–H groups in total. The summed E-state index contributed by atoms with van der Waals surface area (Å²) in [6.07, 6.45) is 0.266. The number of carboxylic acids is 1. The van der Waals surface area contributed by atoms with E-state index in [1.165, 1.54) is 0 Å². The maximum atomic E-state index is 11.5. The molecule has 0 bridgehead atoms. The molecule has 0 aromatic heterocycles. The molecular weight excluding hydrogens is 280 g/mol. The quantitative estimate of drug-likeness (QED) is 0.829. The Labute approximate surface area is 132 Å². The zero-order valence-electron chi connectivity index (χ0n) is 14.5. The highest BCUT2D eigenvalue weighted by atomic mass is 16.5. The number of rotatable bonds is 1. The average Bonchev–Trinajstić information content (AvgIpc) is 2.62. The van der Waals surface area contributed by atoms with Crippen LogP contribution in [0.3, 0.4) is 0 Å². The van der Waals surface area contributed by atoms with E-state index in [0.717, 1.165) is 16.7 Å². The molecule has 4 heteroatoms. The Bertz CT molecular complexity index is 632. The van der Waals surface area contributed by atoms with Gasteiger partial charge in [0.25, 0.3) is 0 Å². The van der Waals surface area contributed by atoms with Gasteiger partial charge in [0.05, 0.1) is 0 Å². The molecule has 122 valence electrons. The number of carboxylic acid groups (broad SMARTS) is 1. The Kier molecular flexibility index (Phi) is 3.51. The predicted molar refractivity (Wildman–Crippen MR) is 85.9 cm³/mol. The molecule has 0 amide bonds. The van der Waals surface area contributed by atoms with Gasteiger partial charge in [0.15, 0.2) is 0 Å². The molecule has 22 heavy (non-hydrogen) atoms. The molecule has 1 heterocycles. The molecule has 1 unspecified atom stereocenters. The molecular formula is C18H26O4. The zero-order chi connectivity index (χ0) is 17.1. The van der Waals surface area contributed by atoms with Crippen LogP contribution in [-0.2, 0) is 22.0 Å². The molecule has 0 aliphatic carbocycles. The van der Waals surface area contributed by atoms with E-state index in [-0.39, 0.29) is 23.0 Å². The number of hydrogen-bond donors (Lipinski definition) is 2. The highest BCUT2D eigenvalue weighted by molar-refractivity contribution is 5.80. The van der Waals surface area contributed by atoms with Crippen molar-refractivity contribution in [2.75, 3.05) is 0 Å². The van der Waals surface area contributed by atoms with Gasteiger partial charge in [-0.15, -0.1) is 0 Å². The summed E-state index contributed by atoms with van der Waals surface area (Å²) >= 11 is 0. The lowest BCUT2D eigenvalue weighted by molar-refractivity contribution is -0.152. The van der Waals surface area contributed by atoms with Crippen LogP contribution in [-0.4, -0.2) is 21.8 Å². The van der Waals surface area contributed by atoms with Crippen LogP contribution in [0.2, 0.25) is 0 Å².